The summed E-state index contributed by atoms with van der Waals surface area (Å²) in [5.41, 5.74) is 2.38. The van der Waals surface area contributed by atoms with Gasteiger partial charge in [-0.25, -0.2) is 4.98 Å². The second kappa shape index (κ2) is 10.6. The number of ether oxygens (including phenoxy) is 1. The molecular weight excluding hydrogens is 440 g/mol. The number of furan rings is 1. The Morgan fingerprint density at radius 1 is 1.15 bits per heavy atom. The third kappa shape index (κ3) is 6.00. The highest BCUT2D eigenvalue weighted by atomic mass is 32.1. The van der Waals surface area contributed by atoms with Crippen LogP contribution in [0.4, 0.5) is 5.13 Å². The van der Waals surface area contributed by atoms with E-state index in [0.29, 0.717) is 41.8 Å². The molecule has 1 aromatic carbocycles. The highest BCUT2D eigenvalue weighted by Gasteiger charge is 2.22. The number of amides is 2. The summed E-state index contributed by atoms with van der Waals surface area (Å²) in [4.78, 5) is 33.7. The monoisotopic (exact) mass is 468 g/mol. The lowest BCUT2D eigenvalue weighted by atomic mass is 10.2. The highest BCUT2D eigenvalue weighted by molar-refractivity contribution is 7.14. The minimum atomic E-state index is -0.267. The second-order valence-corrected chi connectivity index (χ2v) is 8.76. The van der Waals surface area contributed by atoms with Crippen molar-refractivity contribution in [2.24, 2.45) is 0 Å². The Kier molecular flexibility index (Phi) is 7.41. The van der Waals surface area contributed by atoms with Crippen LogP contribution in [-0.2, 0) is 17.8 Å². The first-order valence-corrected chi connectivity index (χ1v) is 11.9. The molecule has 1 aliphatic heterocycles. The zero-order valence-corrected chi connectivity index (χ0v) is 19.7. The van der Waals surface area contributed by atoms with Crippen molar-refractivity contribution in [2.45, 2.75) is 26.8 Å². The lowest BCUT2D eigenvalue weighted by molar-refractivity contribution is -0.132. The molecule has 8 nitrogen and oxygen atoms in total. The Morgan fingerprint density at radius 3 is 2.58 bits per heavy atom. The fraction of sp³-hybridized carbons (Fsp3) is 0.375. The smallest absolute Gasteiger partial charge is 0.260 e. The average molecular weight is 469 g/mol. The first-order valence-electron chi connectivity index (χ1n) is 11.0. The Labute approximate surface area is 197 Å². The van der Waals surface area contributed by atoms with Crippen molar-refractivity contribution < 1.29 is 18.7 Å². The quantitative estimate of drug-likeness (QED) is 0.544. The molecule has 0 spiro atoms. The van der Waals surface area contributed by atoms with Crippen LogP contribution < -0.4 is 10.1 Å². The average Bonchev–Trinajstić information content (AvgIpc) is 3.44. The number of nitrogens with zero attached hydrogens (tertiary/aromatic N) is 3. The van der Waals surface area contributed by atoms with Gasteiger partial charge in [0, 0.05) is 38.1 Å². The van der Waals surface area contributed by atoms with Crippen molar-refractivity contribution in [1.82, 2.24) is 14.8 Å². The van der Waals surface area contributed by atoms with E-state index in [1.807, 2.05) is 29.3 Å². The van der Waals surface area contributed by atoms with Crippen LogP contribution in [0.2, 0.25) is 0 Å². The number of carbonyl (C=O) groups excluding carboxylic acids is 2. The fourth-order valence-corrected chi connectivity index (χ4v) is 4.47. The molecule has 1 N–H and O–H groups in total. The van der Waals surface area contributed by atoms with Crippen LogP contribution in [0.15, 0.2) is 46.4 Å². The van der Waals surface area contributed by atoms with Gasteiger partial charge in [-0.2, -0.15) is 0 Å². The predicted molar refractivity (Wildman–Crippen MR) is 127 cm³/mol. The molecule has 9 heteroatoms. The number of rotatable bonds is 8. The van der Waals surface area contributed by atoms with Gasteiger partial charge < -0.3 is 14.1 Å². The van der Waals surface area contributed by atoms with Gasteiger partial charge in [0.05, 0.1) is 30.5 Å². The van der Waals surface area contributed by atoms with Crippen molar-refractivity contribution >= 4 is 28.3 Å². The molecule has 0 aliphatic carbocycles. The summed E-state index contributed by atoms with van der Waals surface area (Å²) < 4.78 is 10.7. The Morgan fingerprint density at radius 2 is 1.91 bits per heavy atom. The molecular formula is C24H28N4O4S. The van der Waals surface area contributed by atoms with Crippen LogP contribution in [0.25, 0.3) is 0 Å². The van der Waals surface area contributed by atoms with Gasteiger partial charge in [0.25, 0.3) is 5.91 Å². The molecule has 0 bridgehead atoms. The highest BCUT2D eigenvalue weighted by Crippen LogP contribution is 2.19. The predicted octanol–water partition coefficient (Wildman–Crippen LogP) is 3.58. The SMILES string of the molecule is CCOc1ccc(CN2CCN(C(=O)Cc3csc(NC(=O)c4ccoc4C)n3)CC2)cc1. The molecule has 1 saturated heterocycles. The van der Waals surface area contributed by atoms with E-state index in [4.69, 9.17) is 9.15 Å². The Hall–Kier alpha value is -3.17. The minimum Gasteiger partial charge on any atom is -0.494 e. The molecule has 33 heavy (non-hydrogen) atoms. The molecule has 174 valence electrons. The van der Waals surface area contributed by atoms with E-state index in [9.17, 15) is 9.59 Å². The van der Waals surface area contributed by atoms with Gasteiger partial charge in [0.2, 0.25) is 5.91 Å². The van der Waals surface area contributed by atoms with Gasteiger partial charge in [0.15, 0.2) is 5.13 Å². The number of hydrogen-bond acceptors (Lipinski definition) is 7. The van der Waals surface area contributed by atoms with Gasteiger partial charge >= 0.3 is 0 Å². The number of nitrogens with one attached hydrogen (secondary N) is 1. The lowest BCUT2D eigenvalue weighted by Gasteiger charge is -2.34. The topological polar surface area (TPSA) is 87.9 Å². The molecule has 0 unspecified atom stereocenters. The van der Waals surface area contributed by atoms with E-state index >= 15 is 0 Å². The van der Waals surface area contributed by atoms with Crippen molar-refractivity contribution in [3.63, 3.8) is 0 Å². The number of benzene rings is 1. The molecule has 2 aromatic heterocycles. The van der Waals surface area contributed by atoms with Gasteiger partial charge in [0.1, 0.15) is 11.5 Å². The lowest BCUT2D eigenvalue weighted by Crippen LogP contribution is -2.48. The van der Waals surface area contributed by atoms with E-state index in [1.54, 1.807) is 13.0 Å². The molecule has 0 radical (unpaired) electrons. The standard InChI is InChI=1S/C24H28N4O4S/c1-3-31-20-6-4-18(5-7-20)15-27-9-11-28(12-10-27)22(29)14-19-16-33-24(25-19)26-23(30)21-8-13-32-17(21)2/h4-8,13,16H,3,9-12,14-15H2,1-2H3,(H,25,26,30). The number of hydrogen-bond donors (Lipinski definition) is 1. The summed E-state index contributed by atoms with van der Waals surface area (Å²) in [7, 11) is 0. The Bertz CT molecular complexity index is 1080. The second-order valence-electron chi connectivity index (χ2n) is 7.90. The summed E-state index contributed by atoms with van der Waals surface area (Å²) in [5, 5.41) is 5.06. The number of aryl methyl sites for hydroxylation is 1. The van der Waals surface area contributed by atoms with Crippen LogP contribution >= 0.6 is 11.3 Å². The zero-order chi connectivity index (χ0) is 23.2. The van der Waals surface area contributed by atoms with E-state index in [-0.39, 0.29) is 18.2 Å². The first-order chi connectivity index (χ1) is 16.0. The molecule has 2 amide bonds. The number of anilines is 1. The summed E-state index contributed by atoms with van der Waals surface area (Å²) in [5.74, 6) is 1.24. The summed E-state index contributed by atoms with van der Waals surface area (Å²) in [6.07, 6.45) is 1.71. The third-order valence-electron chi connectivity index (χ3n) is 5.57. The number of aromatic nitrogens is 1. The molecule has 0 saturated carbocycles. The minimum absolute atomic E-state index is 0.0598. The van der Waals surface area contributed by atoms with Crippen LogP contribution in [0.5, 0.6) is 5.75 Å². The molecule has 3 heterocycles. The third-order valence-corrected chi connectivity index (χ3v) is 6.38. The van der Waals surface area contributed by atoms with Crippen molar-refractivity contribution in [2.75, 3.05) is 38.1 Å². The van der Waals surface area contributed by atoms with E-state index in [1.165, 1.54) is 23.2 Å². The normalized spacial score (nSPS) is 14.3. The summed E-state index contributed by atoms with van der Waals surface area (Å²) >= 11 is 1.31. The maximum atomic E-state index is 12.8. The van der Waals surface area contributed by atoms with E-state index in [2.05, 4.69) is 27.3 Å². The summed E-state index contributed by atoms with van der Waals surface area (Å²) in [6.45, 7) is 8.30. The Balaban J connectivity index is 1.23. The number of carbonyl (C=O) groups is 2. The van der Waals surface area contributed by atoms with Crippen molar-refractivity contribution in [1.29, 1.82) is 0 Å². The van der Waals surface area contributed by atoms with E-state index in [0.717, 1.165) is 25.4 Å². The van der Waals surface area contributed by atoms with Crippen LogP contribution in [0, 0.1) is 6.92 Å². The molecule has 3 aromatic rings. The molecule has 0 atom stereocenters. The number of piperazine rings is 1. The maximum absolute atomic E-state index is 12.8. The molecule has 4 rings (SSSR count). The maximum Gasteiger partial charge on any atom is 0.260 e. The number of thiazole rings is 1. The van der Waals surface area contributed by atoms with Gasteiger partial charge in [-0.05, 0) is 37.6 Å². The van der Waals surface area contributed by atoms with Crippen molar-refractivity contribution in [3.8, 4) is 5.75 Å². The first kappa shape index (κ1) is 23.0. The zero-order valence-electron chi connectivity index (χ0n) is 18.9. The van der Waals surface area contributed by atoms with Crippen LogP contribution in [-0.4, -0.2) is 59.4 Å². The van der Waals surface area contributed by atoms with Gasteiger partial charge in [-0.15, -0.1) is 11.3 Å². The van der Waals surface area contributed by atoms with Gasteiger partial charge in [-0.1, -0.05) is 12.1 Å². The molecule has 1 fully saturated rings. The van der Waals surface area contributed by atoms with Gasteiger partial charge in [-0.3, -0.25) is 19.8 Å². The van der Waals surface area contributed by atoms with Crippen LogP contribution in [0.3, 0.4) is 0 Å². The van der Waals surface area contributed by atoms with E-state index < -0.39 is 0 Å². The largest absolute Gasteiger partial charge is 0.494 e. The summed E-state index contributed by atoms with van der Waals surface area (Å²) in [6, 6.07) is 9.81. The van der Waals surface area contributed by atoms with Crippen molar-refractivity contribution in [3.05, 3.63) is 64.6 Å². The fourth-order valence-electron chi connectivity index (χ4n) is 3.77. The van der Waals surface area contributed by atoms with Crippen LogP contribution in [0.1, 0.15) is 34.3 Å². The molecule has 1 aliphatic rings.